The molecule has 3 nitrogen and oxygen atoms in total. The molecule has 0 aliphatic rings. The van der Waals surface area contributed by atoms with Gasteiger partial charge in [-0.15, -0.1) is 0 Å². The van der Waals surface area contributed by atoms with Gasteiger partial charge in [0, 0.05) is 31.4 Å². The number of hydrogen-bond acceptors (Lipinski definition) is 3. The van der Waals surface area contributed by atoms with Crippen molar-refractivity contribution in [3.8, 4) is 5.75 Å². The summed E-state index contributed by atoms with van der Waals surface area (Å²) in [6.45, 7) is 8.40. The lowest BCUT2D eigenvalue weighted by Gasteiger charge is -2.20. The van der Waals surface area contributed by atoms with E-state index in [1.807, 2.05) is 26.2 Å². The molecule has 1 rings (SSSR count). The van der Waals surface area contributed by atoms with E-state index in [0.717, 1.165) is 31.7 Å². The standard InChI is InChI=1S/C16H28N2O/c1-16(2,3)17-11-6-7-12-19-15-10-8-9-14(13-15)18(4)5/h8-10,13,17H,6-7,11-12H2,1-5H3. The van der Waals surface area contributed by atoms with Gasteiger partial charge in [-0.3, -0.25) is 0 Å². The highest BCUT2D eigenvalue weighted by Crippen LogP contribution is 2.19. The number of ether oxygens (including phenoxy) is 1. The van der Waals surface area contributed by atoms with Gasteiger partial charge in [0.1, 0.15) is 5.75 Å². The Morgan fingerprint density at radius 2 is 1.89 bits per heavy atom. The third kappa shape index (κ3) is 7.06. The van der Waals surface area contributed by atoms with Gasteiger partial charge >= 0.3 is 0 Å². The number of unbranched alkanes of at least 4 members (excludes halogenated alkanes) is 1. The average molecular weight is 264 g/mol. The Morgan fingerprint density at radius 1 is 1.16 bits per heavy atom. The number of nitrogens with one attached hydrogen (secondary N) is 1. The molecule has 0 aliphatic carbocycles. The Morgan fingerprint density at radius 3 is 2.53 bits per heavy atom. The van der Waals surface area contributed by atoms with Crippen molar-refractivity contribution in [2.75, 3.05) is 32.1 Å². The van der Waals surface area contributed by atoms with E-state index >= 15 is 0 Å². The fraction of sp³-hybridized carbons (Fsp3) is 0.625. The van der Waals surface area contributed by atoms with Gasteiger partial charge in [0.15, 0.2) is 0 Å². The van der Waals surface area contributed by atoms with Crippen molar-refractivity contribution in [2.45, 2.75) is 39.2 Å². The Balaban J connectivity index is 2.21. The van der Waals surface area contributed by atoms with Crippen molar-refractivity contribution in [3.05, 3.63) is 24.3 Å². The molecule has 0 bridgehead atoms. The summed E-state index contributed by atoms with van der Waals surface area (Å²) in [5, 5.41) is 3.48. The molecular weight excluding hydrogens is 236 g/mol. The average Bonchev–Trinajstić information content (AvgIpc) is 2.32. The van der Waals surface area contributed by atoms with Crippen LogP contribution in [0.2, 0.25) is 0 Å². The van der Waals surface area contributed by atoms with E-state index in [9.17, 15) is 0 Å². The van der Waals surface area contributed by atoms with Gasteiger partial charge in [0.25, 0.3) is 0 Å². The van der Waals surface area contributed by atoms with Crippen molar-refractivity contribution >= 4 is 5.69 Å². The lowest BCUT2D eigenvalue weighted by atomic mass is 10.1. The lowest BCUT2D eigenvalue weighted by Crippen LogP contribution is -2.36. The molecule has 0 fully saturated rings. The van der Waals surface area contributed by atoms with Gasteiger partial charge in [-0.25, -0.2) is 0 Å². The first-order valence-electron chi connectivity index (χ1n) is 7.04. The summed E-state index contributed by atoms with van der Waals surface area (Å²) < 4.78 is 5.77. The lowest BCUT2D eigenvalue weighted by molar-refractivity contribution is 0.301. The van der Waals surface area contributed by atoms with Gasteiger partial charge in [-0.1, -0.05) is 6.07 Å². The smallest absolute Gasteiger partial charge is 0.121 e. The van der Waals surface area contributed by atoms with Crippen LogP contribution in [-0.4, -0.2) is 32.8 Å². The van der Waals surface area contributed by atoms with Crippen LogP contribution in [0.15, 0.2) is 24.3 Å². The molecule has 0 spiro atoms. The maximum atomic E-state index is 5.77. The fourth-order valence-corrected chi connectivity index (χ4v) is 1.73. The summed E-state index contributed by atoms with van der Waals surface area (Å²) in [5.74, 6) is 0.954. The second-order valence-corrected chi connectivity index (χ2v) is 6.12. The normalized spacial score (nSPS) is 11.4. The van der Waals surface area contributed by atoms with Gasteiger partial charge in [0.05, 0.1) is 6.61 Å². The van der Waals surface area contributed by atoms with Crippen LogP contribution in [0.1, 0.15) is 33.6 Å². The minimum atomic E-state index is 0.209. The van der Waals surface area contributed by atoms with Crippen molar-refractivity contribution in [1.82, 2.24) is 5.32 Å². The Kier molecular flexibility index (Phi) is 6.16. The first-order valence-corrected chi connectivity index (χ1v) is 7.04. The quantitative estimate of drug-likeness (QED) is 0.765. The minimum absolute atomic E-state index is 0.209. The molecular formula is C16H28N2O. The van der Waals surface area contributed by atoms with E-state index in [0.29, 0.717) is 0 Å². The maximum Gasteiger partial charge on any atom is 0.121 e. The van der Waals surface area contributed by atoms with E-state index in [4.69, 9.17) is 4.74 Å². The third-order valence-corrected chi connectivity index (χ3v) is 2.83. The molecule has 3 heteroatoms. The predicted molar refractivity (Wildman–Crippen MR) is 83.3 cm³/mol. The van der Waals surface area contributed by atoms with Gasteiger partial charge < -0.3 is 15.0 Å². The highest BCUT2D eigenvalue weighted by molar-refractivity contribution is 5.49. The third-order valence-electron chi connectivity index (χ3n) is 2.83. The predicted octanol–water partition coefficient (Wildman–Crippen LogP) is 3.30. The van der Waals surface area contributed by atoms with Crippen LogP contribution in [0, 0.1) is 0 Å². The van der Waals surface area contributed by atoms with Crippen molar-refractivity contribution in [2.24, 2.45) is 0 Å². The number of rotatable bonds is 7. The Hall–Kier alpha value is -1.22. The summed E-state index contributed by atoms with van der Waals surface area (Å²) in [5.41, 5.74) is 1.38. The van der Waals surface area contributed by atoms with E-state index in [2.05, 4.69) is 43.1 Å². The topological polar surface area (TPSA) is 24.5 Å². The minimum Gasteiger partial charge on any atom is -0.494 e. The largest absolute Gasteiger partial charge is 0.494 e. The zero-order chi connectivity index (χ0) is 14.3. The van der Waals surface area contributed by atoms with Crippen LogP contribution >= 0.6 is 0 Å². The molecule has 1 N–H and O–H groups in total. The number of anilines is 1. The summed E-state index contributed by atoms with van der Waals surface area (Å²) in [6.07, 6.45) is 2.22. The fourth-order valence-electron chi connectivity index (χ4n) is 1.73. The molecule has 0 saturated carbocycles. The SMILES string of the molecule is CN(C)c1cccc(OCCCCNC(C)(C)C)c1. The molecule has 108 valence electrons. The van der Waals surface area contributed by atoms with Gasteiger partial charge in [-0.2, -0.15) is 0 Å². The van der Waals surface area contributed by atoms with E-state index in [1.54, 1.807) is 0 Å². The molecule has 0 aromatic heterocycles. The molecule has 0 heterocycles. The molecule has 1 aromatic carbocycles. The molecule has 19 heavy (non-hydrogen) atoms. The zero-order valence-electron chi connectivity index (χ0n) is 13.0. The van der Waals surface area contributed by atoms with Crippen LogP contribution in [0.25, 0.3) is 0 Å². The van der Waals surface area contributed by atoms with Crippen molar-refractivity contribution in [1.29, 1.82) is 0 Å². The van der Waals surface area contributed by atoms with Crippen LogP contribution in [-0.2, 0) is 0 Å². The monoisotopic (exact) mass is 264 g/mol. The highest BCUT2D eigenvalue weighted by atomic mass is 16.5. The molecule has 0 saturated heterocycles. The van der Waals surface area contributed by atoms with Gasteiger partial charge in [0.2, 0.25) is 0 Å². The second-order valence-electron chi connectivity index (χ2n) is 6.12. The van der Waals surface area contributed by atoms with Crippen LogP contribution in [0.4, 0.5) is 5.69 Å². The highest BCUT2D eigenvalue weighted by Gasteiger charge is 2.06. The summed E-state index contributed by atoms with van der Waals surface area (Å²) in [6, 6.07) is 8.21. The summed E-state index contributed by atoms with van der Waals surface area (Å²) in [4.78, 5) is 2.08. The molecule has 0 radical (unpaired) electrons. The Bertz CT molecular complexity index is 369. The van der Waals surface area contributed by atoms with E-state index < -0.39 is 0 Å². The molecule has 0 aliphatic heterocycles. The van der Waals surface area contributed by atoms with Gasteiger partial charge in [-0.05, 0) is 52.3 Å². The molecule has 0 atom stereocenters. The van der Waals surface area contributed by atoms with Crippen molar-refractivity contribution < 1.29 is 4.74 Å². The van der Waals surface area contributed by atoms with Crippen molar-refractivity contribution in [3.63, 3.8) is 0 Å². The molecule has 0 unspecified atom stereocenters. The van der Waals surface area contributed by atoms with Crippen LogP contribution in [0.5, 0.6) is 5.75 Å². The summed E-state index contributed by atoms with van der Waals surface area (Å²) in [7, 11) is 4.08. The van der Waals surface area contributed by atoms with E-state index in [-0.39, 0.29) is 5.54 Å². The first kappa shape index (κ1) is 15.8. The Labute approximate surface area is 118 Å². The molecule has 0 amide bonds. The second kappa shape index (κ2) is 7.39. The summed E-state index contributed by atoms with van der Waals surface area (Å²) >= 11 is 0. The number of hydrogen-bond donors (Lipinski definition) is 1. The number of benzene rings is 1. The molecule has 1 aromatic rings. The van der Waals surface area contributed by atoms with Crippen LogP contribution < -0.4 is 15.0 Å². The maximum absolute atomic E-state index is 5.77. The van der Waals surface area contributed by atoms with E-state index in [1.165, 1.54) is 5.69 Å². The first-order chi connectivity index (χ1) is 8.88. The van der Waals surface area contributed by atoms with Crippen LogP contribution in [0.3, 0.4) is 0 Å². The number of nitrogens with zero attached hydrogens (tertiary/aromatic N) is 1. The zero-order valence-corrected chi connectivity index (χ0v) is 13.0.